The molecule has 0 unspecified atom stereocenters. The first-order valence-corrected chi connectivity index (χ1v) is 8.38. The summed E-state index contributed by atoms with van der Waals surface area (Å²) in [6.45, 7) is 9.58. The number of alkyl halides is 3. The molecular weight excluding hydrogens is 412 g/mol. The molecule has 0 radical (unpaired) electrons. The molecule has 0 aromatic heterocycles. The van der Waals surface area contributed by atoms with Crippen molar-refractivity contribution in [3.8, 4) is 0 Å². The molecule has 6 heteroatoms. The van der Waals surface area contributed by atoms with Gasteiger partial charge in [-0.3, -0.25) is 0 Å². The quantitative estimate of drug-likeness (QED) is 0.610. The van der Waals surface area contributed by atoms with Crippen molar-refractivity contribution >= 4 is 57.6 Å². The van der Waals surface area contributed by atoms with Gasteiger partial charge in [-0.2, -0.15) is 0 Å². The van der Waals surface area contributed by atoms with Crippen molar-refractivity contribution in [3.63, 3.8) is 0 Å². The van der Waals surface area contributed by atoms with Crippen LogP contribution in [0.25, 0.3) is 0 Å². The highest BCUT2D eigenvalue weighted by molar-refractivity contribution is 9.42. The Morgan fingerprint density at radius 1 is 0.933 bits per heavy atom. The lowest BCUT2D eigenvalue weighted by Crippen LogP contribution is -2.42. The van der Waals surface area contributed by atoms with Crippen LogP contribution in [0.15, 0.2) is 0 Å². The van der Waals surface area contributed by atoms with Gasteiger partial charge in [-0.15, -0.1) is 0 Å². The van der Waals surface area contributed by atoms with Crippen LogP contribution in [0.3, 0.4) is 0 Å². The van der Waals surface area contributed by atoms with Crippen molar-refractivity contribution in [1.29, 1.82) is 0 Å². The van der Waals surface area contributed by atoms with E-state index in [1.807, 2.05) is 20.8 Å². The first-order chi connectivity index (χ1) is 6.21. The molecule has 0 saturated carbocycles. The molecule has 0 spiro atoms. The Morgan fingerprint density at radius 3 is 1.47 bits per heavy atom. The van der Waals surface area contributed by atoms with E-state index >= 15 is 0 Å². The van der Waals surface area contributed by atoms with Gasteiger partial charge >= 0.3 is 0 Å². The third-order valence-electron chi connectivity index (χ3n) is 1.99. The lowest BCUT2D eigenvalue weighted by atomic mass is 9.86. The molecule has 0 aromatic carbocycles. The molecule has 0 saturated heterocycles. The third kappa shape index (κ3) is 4.28. The summed E-state index contributed by atoms with van der Waals surface area (Å²) in [6, 6.07) is 0. The fraction of sp³-hybridized carbons (Fsp3) is 1.00. The number of halogens is 3. The number of rotatable bonds is 2. The fourth-order valence-electron chi connectivity index (χ4n) is 1.69. The van der Waals surface area contributed by atoms with Crippen LogP contribution < -0.4 is 0 Å². The van der Waals surface area contributed by atoms with E-state index < -0.39 is 16.1 Å². The summed E-state index contributed by atoms with van der Waals surface area (Å²) < 4.78 is 22.4. The molecule has 0 rings (SSSR count). The average molecular weight is 429 g/mol. The molecule has 92 valence electrons. The van der Waals surface area contributed by atoms with Gasteiger partial charge in [0.1, 0.15) is 0 Å². The maximum atomic E-state index is 12.2. The molecule has 2 nitrogen and oxygen atoms in total. The Bertz CT molecular complexity index is 320. The second kappa shape index (κ2) is 4.58. The van der Waals surface area contributed by atoms with E-state index in [0.29, 0.717) is 6.42 Å². The number of sulfone groups is 1. The minimum absolute atomic E-state index is 0.0329. The van der Waals surface area contributed by atoms with E-state index in [1.165, 1.54) is 0 Å². The zero-order valence-corrected chi connectivity index (χ0v) is 15.1. The van der Waals surface area contributed by atoms with Gasteiger partial charge < -0.3 is 0 Å². The van der Waals surface area contributed by atoms with E-state index in [9.17, 15) is 8.42 Å². The minimum Gasteiger partial charge on any atom is -0.225 e. The topological polar surface area (TPSA) is 34.1 Å². The summed E-state index contributed by atoms with van der Waals surface area (Å²) in [6.07, 6.45) is 0.590. The van der Waals surface area contributed by atoms with Crippen LogP contribution in [0.2, 0.25) is 0 Å². The van der Waals surface area contributed by atoms with Crippen LogP contribution >= 0.6 is 47.8 Å². The van der Waals surface area contributed by atoms with Crippen molar-refractivity contribution in [2.45, 2.75) is 47.3 Å². The van der Waals surface area contributed by atoms with E-state index in [4.69, 9.17) is 0 Å². The SMILES string of the molecule is CC(C)(C)CC(C)(C)S(=O)(=O)C(Br)(Br)Br. The number of hydrogen-bond acceptors (Lipinski definition) is 2. The lowest BCUT2D eigenvalue weighted by Gasteiger charge is -2.34. The molecule has 0 N–H and O–H groups in total. The maximum Gasteiger partial charge on any atom is 0.235 e. The fourth-order valence-corrected chi connectivity index (χ4v) is 6.88. The Hall–Kier alpha value is 1.39. The zero-order valence-electron chi connectivity index (χ0n) is 9.57. The van der Waals surface area contributed by atoms with Gasteiger partial charge in [0, 0.05) is 0 Å². The summed E-state index contributed by atoms with van der Waals surface area (Å²) in [4.78, 5) is 0. The van der Waals surface area contributed by atoms with Gasteiger partial charge in [-0.05, 0) is 73.5 Å². The molecule has 0 amide bonds. The average Bonchev–Trinajstić information content (AvgIpc) is 1.77. The summed E-state index contributed by atoms with van der Waals surface area (Å²) in [5, 5.41) is 0. The van der Waals surface area contributed by atoms with Crippen LogP contribution in [-0.2, 0) is 9.84 Å². The van der Waals surface area contributed by atoms with Gasteiger partial charge in [0.2, 0.25) is 1.47 Å². The Balaban J connectivity index is 5.23. The van der Waals surface area contributed by atoms with Gasteiger partial charge in [0.25, 0.3) is 0 Å². The highest BCUT2D eigenvalue weighted by Crippen LogP contribution is 2.47. The molecule has 0 fully saturated rings. The molecule has 0 aliphatic heterocycles. The third-order valence-corrected chi connectivity index (χ3v) is 8.03. The minimum atomic E-state index is -3.36. The summed E-state index contributed by atoms with van der Waals surface area (Å²) in [7, 11) is -3.36. The van der Waals surface area contributed by atoms with Gasteiger partial charge in [-0.25, -0.2) is 8.42 Å². The molecule has 0 atom stereocenters. The highest BCUT2D eigenvalue weighted by atomic mass is 80.0. The molecule has 15 heavy (non-hydrogen) atoms. The van der Waals surface area contributed by atoms with Gasteiger partial charge in [0.05, 0.1) is 4.75 Å². The Morgan fingerprint density at radius 2 is 1.27 bits per heavy atom. The van der Waals surface area contributed by atoms with Crippen molar-refractivity contribution < 1.29 is 8.42 Å². The summed E-state index contributed by atoms with van der Waals surface area (Å²) in [5.74, 6) is 0. The molecule has 0 heterocycles. The van der Waals surface area contributed by atoms with Crippen molar-refractivity contribution in [1.82, 2.24) is 0 Å². The molecular formula is C9H17Br3O2S. The Labute approximate surface area is 118 Å². The molecule has 0 aliphatic rings. The van der Waals surface area contributed by atoms with E-state index in [0.717, 1.165) is 0 Å². The maximum absolute atomic E-state index is 12.2. The van der Waals surface area contributed by atoms with E-state index in [1.54, 1.807) is 13.8 Å². The zero-order chi connectivity index (χ0) is 12.7. The monoisotopic (exact) mass is 426 g/mol. The Kier molecular flexibility index (Phi) is 5.00. The van der Waals surface area contributed by atoms with E-state index in [2.05, 4.69) is 47.8 Å². The summed E-state index contributed by atoms with van der Waals surface area (Å²) in [5.41, 5.74) is -0.0329. The van der Waals surface area contributed by atoms with Crippen LogP contribution in [0.4, 0.5) is 0 Å². The van der Waals surface area contributed by atoms with Gasteiger partial charge in [0.15, 0.2) is 9.84 Å². The first-order valence-electron chi connectivity index (χ1n) is 4.52. The van der Waals surface area contributed by atoms with Crippen LogP contribution in [-0.4, -0.2) is 14.6 Å². The van der Waals surface area contributed by atoms with Crippen molar-refractivity contribution in [2.24, 2.45) is 5.41 Å². The smallest absolute Gasteiger partial charge is 0.225 e. The predicted octanol–water partition coefficient (Wildman–Crippen LogP) is 4.41. The lowest BCUT2D eigenvalue weighted by molar-refractivity contribution is 0.329. The first kappa shape index (κ1) is 16.4. The summed E-state index contributed by atoms with van der Waals surface area (Å²) >= 11 is 9.27. The molecule has 0 aromatic rings. The van der Waals surface area contributed by atoms with Crippen molar-refractivity contribution in [3.05, 3.63) is 0 Å². The van der Waals surface area contributed by atoms with Crippen molar-refractivity contribution in [2.75, 3.05) is 0 Å². The number of hydrogen-bond donors (Lipinski definition) is 0. The van der Waals surface area contributed by atoms with Gasteiger partial charge in [-0.1, -0.05) is 20.8 Å². The largest absolute Gasteiger partial charge is 0.235 e. The second-order valence-electron chi connectivity index (χ2n) is 5.45. The second-order valence-corrected chi connectivity index (χ2v) is 16.5. The predicted molar refractivity (Wildman–Crippen MR) is 76.6 cm³/mol. The standard InChI is InChI=1S/C9H17Br3O2S/c1-7(2,3)6-8(4,5)15(13,14)9(10,11)12/h6H2,1-5H3. The van der Waals surface area contributed by atoms with Crippen LogP contribution in [0, 0.1) is 5.41 Å². The normalized spacial score (nSPS) is 15.5. The molecule has 0 bridgehead atoms. The molecule has 0 aliphatic carbocycles. The highest BCUT2D eigenvalue weighted by Gasteiger charge is 2.48. The van der Waals surface area contributed by atoms with Crippen LogP contribution in [0.5, 0.6) is 0 Å². The van der Waals surface area contributed by atoms with E-state index in [-0.39, 0.29) is 5.41 Å². The van der Waals surface area contributed by atoms with Crippen LogP contribution in [0.1, 0.15) is 41.0 Å².